The molecule has 0 atom stereocenters. The van der Waals surface area contributed by atoms with Gasteiger partial charge in [-0.15, -0.1) is 0 Å². The zero-order valence-corrected chi connectivity index (χ0v) is 13.2. The number of fused-ring (bicyclic) bond motifs is 1. The fourth-order valence-corrected chi connectivity index (χ4v) is 2.75. The van der Waals surface area contributed by atoms with E-state index in [2.05, 4.69) is 6.07 Å². The van der Waals surface area contributed by atoms with Crippen LogP contribution in [0.4, 0.5) is 0 Å². The van der Waals surface area contributed by atoms with Gasteiger partial charge in [-0.3, -0.25) is 0 Å². The molecular weight excluding hydrogens is 298 g/mol. The molecule has 0 N–H and O–H groups in total. The predicted molar refractivity (Wildman–Crippen MR) is 94.5 cm³/mol. The lowest BCUT2D eigenvalue weighted by atomic mass is 10.1. The van der Waals surface area contributed by atoms with Crippen LogP contribution in [-0.2, 0) is 4.74 Å². The Bertz CT molecular complexity index is 920. The summed E-state index contributed by atoms with van der Waals surface area (Å²) in [7, 11) is 1.35. The van der Waals surface area contributed by atoms with E-state index in [4.69, 9.17) is 4.74 Å². The molecule has 0 radical (unpaired) electrons. The van der Waals surface area contributed by atoms with Crippen molar-refractivity contribution in [2.24, 2.45) is 0 Å². The van der Waals surface area contributed by atoms with Crippen molar-refractivity contribution >= 4 is 18.1 Å². The van der Waals surface area contributed by atoms with Crippen molar-refractivity contribution in [3.8, 4) is 17.2 Å². The van der Waals surface area contributed by atoms with Crippen molar-refractivity contribution in [2.45, 2.75) is 0 Å². The standard InChI is InChI=1S/C21H15NO2/c1-24-21(23)20-17-11-7-3-6-10-16(17)19(14-22)18(20)13-12-15-8-4-2-5-9-15/h2-13H,1H3/b13-12+. The van der Waals surface area contributed by atoms with Gasteiger partial charge in [0.05, 0.1) is 18.2 Å². The molecule has 3 nitrogen and oxygen atoms in total. The Kier molecular flexibility index (Phi) is 4.40. The molecule has 0 spiro atoms. The summed E-state index contributed by atoms with van der Waals surface area (Å²) in [5, 5.41) is 9.63. The third kappa shape index (κ3) is 2.78. The molecule has 3 heteroatoms. The molecule has 3 rings (SSSR count). The fourth-order valence-electron chi connectivity index (χ4n) is 2.75. The fraction of sp³-hybridized carbons (Fsp3) is 0.0476. The molecule has 0 fully saturated rings. The van der Waals surface area contributed by atoms with Gasteiger partial charge in [-0.05, 0) is 11.1 Å². The molecule has 116 valence electrons. The summed E-state index contributed by atoms with van der Waals surface area (Å²) in [5.41, 5.74) is 3.95. The molecule has 0 saturated heterocycles. The molecule has 2 aliphatic carbocycles. The van der Waals surface area contributed by atoms with Crippen LogP contribution >= 0.6 is 0 Å². The second kappa shape index (κ2) is 6.80. The van der Waals surface area contributed by atoms with Crippen molar-refractivity contribution in [1.82, 2.24) is 0 Å². The number of benzene rings is 1. The molecule has 0 unspecified atom stereocenters. The Labute approximate surface area is 140 Å². The second-order valence-corrected chi connectivity index (χ2v) is 5.25. The third-order valence-corrected chi connectivity index (χ3v) is 3.86. The van der Waals surface area contributed by atoms with Gasteiger partial charge in [0.2, 0.25) is 0 Å². The molecular formula is C21H15NO2. The highest BCUT2D eigenvalue weighted by Crippen LogP contribution is 2.37. The minimum Gasteiger partial charge on any atom is -0.465 e. The number of nitriles is 1. The van der Waals surface area contributed by atoms with Gasteiger partial charge in [0, 0.05) is 11.1 Å². The Morgan fingerprint density at radius 3 is 2.21 bits per heavy atom. The number of rotatable bonds is 3. The predicted octanol–water partition coefficient (Wildman–Crippen LogP) is 4.62. The summed E-state index contributed by atoms with van der Waals surface area (Å²) in [6, 6.07) is 21.2. The number of hydrogen-bond donors (Lipinski definition) is 0. The van der Waals surface area contributed by atoms with E-state index < -0.39 is 5.97 Å². The number of esters is 1. The van der Waals surface area contributed by atoms with Crippen molar-refractivity contribution in [2.75, 3.05) is 7.11 Å². The zero-order chi connectivity index (χ0) is 16.9. The molecule has 0 amide bonds. The van der Waals surface area contributed by atoms with Gasteiger partial charge in [-0.2, -0.15) is 5.26 Å². The van der Waals surface area contributed by atoms with E-state index in [0.717, 1.165) is 16.7 Å². The molecule has 0 heterocycles. The molecule has 0 bridgehead atoms. The zero-order valence-electron chi connectivity index (χ0n) is 13.2. The molecule has 1 aromatic carbocycles. The number of nitrogens with zero attached hydrogens (tertiary/aromatic N) is 1. The van der Waals surface area contributed by atoms with Crippen molar-refractivity contribution in [3.63, 3.8) is 0 Å². The molecule has 1 aromatic rings. The quantitative estimate of drug-likeness (QED) is 0.663. The minimum absolute atomic E-state index is 0.424. The first-order chi connectivity index (χ1) is 11.8. The van der Waals surface area contributed by atoms with Crippen molar-refractivity contribution in [1.29, 1.82) is 5.26 Å². The van der Waals surface area contributed by atoms with E-state index in [1.54, 1.807) is 6.08 Å². The second-order valence-electron chi connectivity index (χ2n) is 5.25. The van der Waals surface area contributed by atoms with Gasteiger partial charge in [-0.25, -0.2) is 4.79 Å². The van der Waals surface area contributed by atoms with Crippen molar-refractivity contribution < 1.29 is 9.53 Å². The summed E-state index contributed by atoms with van der Waals surface area (Å²) < 4.78 is 4.94. The highest BCUT2D eigenvalue weighted by Gasteiger charge is 2.26. The smallest absolute Gasteiger partial charge is 0.339 e. The monoisotopic (exact) mass is 313 g/mol. The minimum atomic E-state index is -0.444. The van der Waals surface area contributed by atoms with Crippen LogP contribution in [0.5, 0.6) is 0 Å². The number of carbonyl (C=O) groups is 1. The van der Waals surface area contributed by atoms with E-state index in [1.807, 2.05) is 66.7 Å². The highest BCUT2D eigenvalue weighted by atomic mass is 16.5. The van der Waals surface area contributed by atoms with Gasteiger partial charge >= 0.3 is 5.97 Å². The normalized spacial score (nSPS) is 10.7. The molecule has 2 aliphatic rings. The van der Waals surface area contributed by atoms with Gasteiger partial charge in [0.25, 0.3) is 0 Å². The summed E-state index contributed by atoms with van der Waals surface area (Å²) in [5.74, 6) is -0.444. The van der Waals surface area contributed by atoms with E-state index in [1.165, 1.54) is 7.11 Å². The SMILES string of the molecule is COC(=O)c1c2cccccc-2c(C#N)c1/C=C/c1ccccc1. The Morgan fingerprint density at radius 1 is 0.958 bits per heavy atom. The summed E-state index contributed by atoms with van der Waals surface area (Å²) >= 11 is 0. The average molecular weight is 313 g/mol. The average Bonchev–Trinajstić information content (AvgIpc) is 2.75. The topological polar surface area (TPSA) is 50.1 Å². The van der Waals surface area contributed by atoms with E-state index in [0.29, 0.717) is 16.7 Å². The maximum absolute atomic E-state index is 12.3. The van der Waals surface area contributed by atoms with Gasteiger partial charge in [0.1, 0.15) is 6.07 Å². The Hall–Kier alpha value is -3.38. The van der Waals surface area contributed by atoms with Crippen LogP contribution in [0, 0.1) is 11.3 Å². The van der Waals surface area contributed by atoms with Crippen LogP contribution in [0.3, 0.4) is 0 Å². The molecule has 0 aromatic heterocycles. The van der Waals surface area contributed by atoms with Crippen LogP contribution in [0.2, 0.25) is 0 Å². The number of methoxy groups -OCH3 is 1. The van der Waals surface area contributed by atoms with Crippen LogP contribution < -0.4 is 0 Å². The first-order valence-corrected chi connectivity index (χ1v) is 7.52. The van der Waals surface area contributed by atoms with Crippen LogP contribution in [-0.4, -0.2) is 13.1 Å². The van der Waals surface area contributed by atoms with Gasteiger partial charge in [-0.1, -0.05) is 72.8 Å². The number of hydrogen-bond acceptors (Lipinski definition) is 3. The molecule has 24 heavy (non-hydrogen) atoms. The van der Waals surface area contributed by atoms with Crippen LogP contribution in [0.25, 0.3) is 23.3 Å². The maximum Gasteiger partial charge on any atom is 0.339 e. The lowest BCUT2D eigenvalue weighted by molar-refractivity contribution is 0.0602. The first-order valence-electron chi connectivity index (χ1n) is 7.52. The molecule has 0 saturated carbocycles. The third-order valence-electron chi connectivity index (χ3n) is 3.86. The summed E-state index contributed by atoms with van der Waals surface area (Å²) in [6.07, 6.45) is 3.70. The maximum atomic E-state index is 12.3. The first kappa shape index (κ1) is 15.5. The number of carbonyl (C=O) groups excluding carboxylic acids is 1. The number of ether oxygens (including phenoxy) is 1. The summed E-state index contributed by atoms with van der Waals surface area (Å²) in [6.45, 7) is 0. The largest absolute Gasteiger partial charge is 0.465 e. The van der Waals surface area contributed by atoms with Gasteiger partial charge in [0.15, 0.2) is 0 Å². The summed E-state index contributed by atoms with van der Waals surface area (Å²) in [4.78, 5) is 12.3. The van der Waals surface area contributed by atoms with Crippen molar-refractivity contribution in [3.05, 3.63) is 82.9 Å². The van der Waals surface area contributed by atoms with E-state index >= 15 is 0 Å². The lowest BCUT2D eigenvalue weighted by Gasteiger charge is -2.01. The van der Waals surface area contributed by atoms with E-state index in [9.17, 15) is 10.1 Å². The highest BCUT2D eigenvalue weighted by molar-refractivity contribution is 6.06. The Morgan fingerprint density at radius 2 is 1.58 bits per heavy atom. The Balaban J connectivity index is 2.25. The van der Waals surface area contributed by atoms with E-state index in [-0.39, 0.29) is 0 Å². The van der Waals surface area contributed by atoms with Gasteiger partial charge < -0.3 is 4.74 Å². The van der Waals surface area contributed by atoms with Crippen LogP contribution in [0.15, 0.2) is 60.7 Å². The lowest BCUT2D eigenvalue weighted by Crippen LogP contribution is -2.02. The van der Waals surface area contributed by atoms with Crippen LogP contribution in [0.1, 0.15) is 27.0 Å². The molecule has 0 aliphatic heterocycles.